The highest BCUT2D eigenvalue weighted by atomic mass is 35.5. The molecule has 1 aliphatic carbocycles. The van der Waals surface area contributed by atoms with Crippen molar-refractivity contribution in [1.29, 1.82) is 0 Å². The zero-order valence-electron chi connectivity index (χ0n) is 11.0. The molecular formula is C15H12ClNO3S. The van der Waals surface area contributed by atoms with Crippen LogP contribution in [0.15, 0.2) is 29.6 Å². The Morgan fingerprint density at radius 1 is 1.38 bits per heavy atom. The number of nitro benzene ring substituents is 1. The van der Waals surface area contributed by atoms with E-state index < -0.39 is 4.92 Å². The van der Waals surface area contributed by atoms with Crippen molar-refractivity contribution in [2.75, 3.05) is 0 Å². The Kier molecular flexibility index (Phi) is 3.78. The van der Waals surface area contributed by atoms with E-state index in [0.29, 0.717) is 6.42 Å². The lowest BCUT2D eigenvalue weighted by Gasteiger charge is -2.21. The molecule has 2 aromatic rings. The molecule has 3 rings (SSSR count). The van der Waals surface area contributed by atoms with Gasteiger partial charge < -0.3 is 0 Å². The van der Waals surface area contributed by atoms with Crippen molar-refractivity contribution in [1.82, 2.24) is 0 Å². The van der Waals surface area contributed by atoms with Crippen LogP contribution in [0.25, 0.3) is 0 Å². The first-order valence-electron chi connectivity index (χ1n) is 6.63. The highest BCUT2D eigenvalue weighted by Gasteiger charge is 2.33. The van der Waals surface area contributed by atoms with Gasteiger partial charge in [-0.2, -0.15) is 0 Å². The van der Waals surface area contributed by atoms with Gasteiger partial charge in [0.25, 0.3) is 5.69 Å². The van der Waals surface area contributed by atoms with Gasteiger partial charge in [0, 0.05) is 16.9 Å². The van der Waals surface area contributed by atoms with E-state index >= 15 is 0 Å². The molecule has 0 aliphatic heterocycles. The Morgan fingerprint density at radius 2 is 2.19 bits per heavy atom. The van der Waals surface area contributed by atoms with Gasteiger partial charge in [0.1, 0.15) is 5.56 Å². The average Bonchev–Trinajstić information content (AvgIpc) is 2.94. The highest BCUT2D eigenvalue weighted by Crippen LogP contribution is 2.39. The molecule has 0 saturated carbocycles. The summed E-state index contributed by atoms with van der Waals surface area (Å²) in [5.41, 5.74) is 0.827. The third-order valence-electron chi connectivity index (χ3n) is 3.80. The van der Waals surface area contributed by atoms with Crippen molar-refractivity contribution in [2.45, 2.75) is 25.2 Å². The zero-order chi connectivity index (χ0) is 15.0. The third kappa shape index (κ3) is 2.47. The number of benzene rings is 1. The largest absolute Gasteiger partial charge is 0.293 e. The molecule has 1 heterocycles. The van der Waals surface area contributed by atoms with Crippen LogP contribution in [-0.2, 0) is 6.42 Å². The molecule has 1 unspecified atom stereocenters. The zero-order valence-corrected chi connectivity index (χ0v) is 12.6. The van der Waals surface area contributed by atoms with Crippen molar-refractivity contribution in [3.63, 3.8) is 0 Å². The van der Waals surface area contributed by atoms with Crippen molar-refractivity contribution in [2.24, 2.45) is 0 Å². The van der Waals surface area contributed by atoms with E-state index in [0.717, 1.165) is 18.4 Å². The smallest absolute Gasteiger partial charge is 0.281 e. The summed E-state index contributed by atoms with van der Waals surface area (Å²) in [6.45, 7) is 0. The second-order valence-electron chi connectivity index (χ2n) is 5.00. The number of hydrogen-bond acceptors (Lipinski definition) is 4. The first-order valence-corrected chi connectivity index (χ1v) is 7.88. The molecule has 108 valence electrons. The third-order valence-corrected chi connectivity index (χ3v) is 5.11. The Bertz CT molecular complexity index is 725. The second-order valence-corrected chi connectivity index (χ2v) is 6.41. The minimum atomic E-state index is -0.545. The lowest BCUT2D eigenvalue weighted by molar-refractivity contribution is -0.385. The molecule has 0 amide bonds. The molecule has 0 saturated heterocycles. The van der Waals surface area contributed by atoms with Gasteiger partial charge in [0.15, 0.2) is 5.78 Å². The SMILES string of the molecule is O=C(c1c(Cl)cccc1[N+](=O)[O-])C1CCCc2sccc21. The van der Waals surface area contributed by atoms with Gasteiger partial charge in [-0.25, -0.2) is 0 Å². The molecule has 0 spiro atoms. The van der Waals surface area contributed by atoms with E-state index in [1.54, 1.807) is 11.3 Å². The van der Waals surface area contributed by atoms with Gasteiger partial charge in [0.2, 0.25) is 0 Å². The van der Waals surface area contributed by atoms with Gasteiger partial charge in [0.05, 0.1) is 9.95 Å². The Hall–Kier alpha value is -1.72. The number of Topliss-reactive ketones (excluding diaryl/α,β-unsaturated/α-hetero) is 1. The Labute approximate surface area is 130 Å². The Balaban J connectivity index is 2.07. The summed E-state index contributed by atoms with van der Waals surface area (Å²) in [7, 11) is 0. The van der Waals surface area contributed by atoms with Crippen LogP contribution in [0.4, 0.5) is 5.69 Å². The second kappa shape index (κ2) is 5.58. The van der Waals surface area contributed by atoms with Crippen LogP contribution >= 0.6 is 22.9 Å². The summed E-state index contributed by atoms with van der Waals surface area (Å²) in [6.07, 6.45) is 2.61. The van der Waals surface area contributed by atoms with Crippen LogP contribution in [-0.4, -0.2) is 10.7 Å². The minimum absolute atomic E-state index is 0.0354. The summed E-state index contributed by atoms with van der Waals surface area (Å²) >= 11 is 7.70. The van der Waals surface area contributed by atoms with Crippen molar-refractivity contribution < 1.29 is 9.72 Å². The van der Waals surface area contributed by atoms with Crippen molar-refractivity contribution >= 4 is 34.4 Å². The minimum Gasteiger partial charge on any atom is -0.293 e. The van der Waals surface area contributed by atoms with Gasteiger partial charge in [-0.1, -0.05) is 17.7 Å². The quantitative estimate of drug-likeness (QED) is 0.471. The monoisotopic (exact) mass is 321 g/mol. The lowest BCUT2D eigenvalue weighted by atomic mass is 9.82. The number of fused-ring (bicyclic) bond motifs is 1. The number of carbonyl (C=O) groups excluding carboxylic acids is 1. The number of halogens is 1. The number of aryl methyl sites for hydroxylation is 1. The predicted molar refractivity (Wildman–Crippen MR) is 82.4 cm³/mol. The molecular weight excluding hydrogens is 310 g/mol. The van der Waals surface area contributed by atoms with E-state index in [9.17, 15) is 14.9 Å². The van der Waals surface area contributed by atoms with Crippen LogP contribution in [0.1, 0.15) is 39.6 Å². The van der Waals surface area contributed by atoms with Crippen LogP contribution in [0.5, 0.6) is 0 Å². The molecule has 0 N–H and O–H groups in total. The van der Waals surface area contributed by atoms with Gasteiger partial charge in [-0.05, 0) is 42.3 Å². The van der Waals surface area contributed by atoms with Crippen molar-refractivity contribution in [3.8, 4) is 0 Å². The molecule has 1 aromatic heterocycles. The fraction of sp³-hybridized carbons (Fsp3) is 0.267. The molecule has 1 atom stereocenters. The maximum atomic E-state index is 12.8. The molecule has 21 heavy (non-hydrogen) atoms. The van der Waals surface area contributed by atoms with E-state index in [-0.39, 0.29) is 28.0 Å². The fourth-order valence-corrected chi connectivity index (χ4v) is 4.09. The maximum Gasteiger partial charge on any atom is 0.281 e. The molecule has 0 bridgehead atoms. The van der Waals surface area contributed by atoms with E-state index in [1.165, 1.54) is 23.1 Å². The number of carbonyl (C=O) groups is 1. The Morgan fingerprint density at radius 3 is 2.95 bits per heavy atom. The van der Waals surface area contributed by atoms with E-state index in [2.05, 4.69) is 0 Å². The van der Waals surface area contributed by atoms with Gasteiger partial charge in [-0.15, -0.1) is 11.3 Å². The van der Waals surface area contributed by atoms with E-state index in [4.69, 9.17) is 11.6 Å². The summed E-state index contributed by atoms with van der Waals surface area (Å²) in [4.78, 5) is 24.6. The summed E-state index contributed by atoms with van der Waals surface area (Å²) in [5.74, 6) is -0.565. The summed E-state index contributed by atoms with van der Waals surface area (Å²) in [5, 5.41) is 13.3. The predicted octanol–water partition coefficient (Wildman–Crippen LogP) is 4.61. The van der Waals surface area contributed by atoms with Crippen LogP contribution < -0.4 is 0 Å². The van der Waals surface area contributed by atoms with Crippen LogP contribution in [0.2, 0.25) is 5.02 Å². The first kappa shape index (κ1) is 14.2. The fourth-order valence-electron chi connectivity index (χ4n) is 2.84. The molecule has 0 fully saturated rings. The number of nitrogens with zero attached hydrogens (tertiary/aromatic N) is 1. The molecule has 1 aliphatic rings. The number of hydrogen-bond donors (Lipinski definition) is 0. The molecule has 0 radical (unpaired) electrons. The van der Waals surface area contributed by atoms with Crippen molar-refractivity contribution in [3.05, 3.63) is 60.8 Å². The van der Waals surface area contributed by atoms with E-state index in [1.807, 2.05) is 11.4 Å². The van der Waals surface area contributed by atoms with Gasteiger partial charge in [-0.3, -0.25) is 14.9 Å². The molecule has 1 aromatic carbocycles. The first-order chi connectivity index (χ1) is 10.1. The molecule has 6 heteroatoms. The average molecular weight is 322 g/mol. The number of nitro groups is 1. The van der Waals surface area contributed by atoms with Gasteiger partial charge >= 0.3 is 0 Å². The summed E-state index contributed by atoms with van der Waals surface area (Å²) < 4.78 is 0. The maximum absolute atomic E-state index is 12.8. The topological polar surface area (TPSA) is 60.2 Å². The normalized spacial score (nSPS) is 17.3. The molecule has 4 nitrogen and oxygen atoms in total. The summed E-state index contributed by atoms with van der Waals surface area (Å²) in [6, 6.07) is 6.30. The number of rotatable bonds is 3. The number of thiophene rings is 1. The number of ketones is 1. The van der Waals surface area contributed by atoms with Crippen LogP contribution in [0.3, 0.4) is 0 Å². The van der Waals surface area contributed by atoms with Crippen LogP contribution in [0, 0.1) is 10.1 Å². The standard InChI is InChI=1S/C15H12ClNO3S/c16-11-4-2-5-12(17(19)20)14(11)15(18)10-3-1-6-13-9(10)7-8-21-13/h2,4-5,7-8,10H,1,3,6H2. The lowest BCUT2D eigenvalue weighted by Crippen LogP contribution is -2.18. The highest BCUT2D eigenvalue weighted by molar-refractivity contribution is 7.10.